The smallest absolute Gasteiger partial charge is 0.418 e. The Balaban J connectivity index is 1.95. The van der Waals surface area contributed by atoms with Crippen LogP contribution in [-0.4, -0.2) is 50.0 Å². The van der Waals surface area contributed by atoms with Crippen molar-refractivity contribution in [3.63, 3.8) is 0 Å². The SMILES string of the molecule is COc1ccc(NCC(=O)N(C)CC(=O)NC2CC2)c(C(F)(F)F)c1. The molecule has 1 fully saturated rings. The molecule has 0 spiro atoms. The topological polar surface area (TPSA) is 70.7 Å². The number of amides is 2. The molecule has 0 heterocycles. The zero-order chi connectivity index (χ0) is 18.6. The van der Waals surface area contributed by atoms with Gasteiger partial charge in [0.05, 0.1) is 25.8 Å². The average molecular weight is 359 g/mol. The minimum Gasteiger partial charge on any atom is -0.497 e. The molecule has 1 saturated carbocycles. The van der Waals surface area contributed by atoms with Crippen molar-refractivity contribution in [2.45, 2.75) is 25.1 Å². The summed E-state index contributed by atoms with van der Waals surface area (Å²) >= 11 is 0. The van der Waals surface area contributed by atoms with Gasteiger partial charge in [-0.2, -0.15) is 13.2 Å². The summed E-state index contributed by atoms with van der Waals surface area (Å²) in [5.74, 6) is -0.702. The molecule has 1 aromatic carbocycles. The Bertz CT molecular complexity index is 645. The predicted octanol–water partition coefficient (Wildman–Crippen LogP) is 1.86. The van der Waals surface area contributed by atoms with Crippen molar-refractivity contribution in [3.05, 3.63) is 23.8 Å². The molecule has 2 rings (SSSR count). The third kappa shape index (κ3) is 5.54. The van der Waals surface area contributed by atoms with Gasteiger partial charge in [0.2, 0.25) is 11.8 Å². The second-order valence-electron chi connectivity index (χ2n) is 5.85. The van der Waals surface area contributed by atoms with Gasteiger partial charge < -0.3 is 20.3 Å². The highest BCUT2D eigenvalue weighted by Gasteiger charge is 2.34. The number of carbonyl (C=O) groups excluding carboxylic acids is 2. The fourth-order valence-corrected chi connectivity index (χ4v) is 2.15. The van der Waals surface area contributed by atoms with E-state index in [1.165, 1.54) is 31.2 Å². The summed E-state index contributed by atoms with van der Waals surface area (Å²) in [5, 5.41) is 5.22. The van der Waals surface area contributed by atoms with Crippen LogP contribution in [0.2, 0.25) is 0 Å². The van der Waals surface area contributed by atoms with Crippen LogP contribution in [0.5, 0.6) is 5.75 Å². The highest BCUT2D eigenvalue weighted by Crippen LogP contribution is 2.37. The molecule has 0 aromatic heterocycles. The standard InChI is InChI=1S/C16H20F3N3O3/c1-22(9-14(23)21-10-3-4-10)15(24)8-20-13-6-5-11(25-2)7-12(13)16(17,18)19/h5-7,10,20H,3-4,8-9H2,1-2H3,(H,21,23). The van der Waals surface area contributed by atoms with E-state index in [0.717, 1.165) is 18.9 Å². The molecule has 25 heavy (non-hydrogen) atoms. The fourth-order valence-electron chi connectivity index (χ4n) is 2.15. The first-order valence-corrected chi connectivity index (χ1v) is 7.73. The Morgan fingerprint density at radius 2 is 2.00 bits per heavy atom. The van der Waals surface area contributed by atoms with Crippen molar-refractivity contribution in [2.75, 3.05) is 32.6 Å². The molecule has 138 valence electrons. The predicted molar refractivity (Wildman–Crippen MR) is 85.3 cm³/mol. The van der Waals surface area contributed by atoms with E-state index in [2.05, 4.69) is 10.6 Å². The van der Waals surface area contributed by atoms with Gasteiger partial charge in [0, 0.05) is 18.8 Å². The molecule has 2 N–H and O–H groups in total. The molecule has 0 atom stereocenters. The van der Waals surface area contributed by atoms with Crippen LogP contribution in [0.15, 0.2) is 18.2 Å². The van der Waals surface area contributed by atoms with Crippen molar-refractivity contribution >= 4 is 17.5 Å². The van der Waals surface area contributed by atoms with Crippen molar-refractivity contribution in [3.8, 4) is 5.75 Å². The first-order valence-electron chi connectivity index (χ1n) is 7.73. The molecule has 0 aliphatic heterocycles. The van der Waals surface area contributed by atoms with Crippen LogP contribution in [-0.2, 0) is 15.8 Å². The van der Waals surface area contributed by atoms with Crippen LogP contribution < -0.4 is 15.4 Å². The third-order valence-electron chi connectivity index (χ3n) is 3.71. The summed E-state index contributed by atoms with van der Waals surface area (Å²) in [6, 6.07) is 3.62. The van der Waals surface area contributed by atoms with Gasteiger partial charge in [0.1, 0.15) is 5.75 Å². The molecular weight excluding hydrogens is 339 g/mol. The summed E-state index contributed by atoms with van der Waals surface area (Å²) in [7, 11) is 2.70. The number of alkyl halides is 3. The average Bonchev–Trinajstić information content (AvgIpc) is 3.35. The van der Waals surface area contributed by atoms with E-state index in [9.17, 15) is 22.8 Å². The van der Waals surface area contributed by atoms with Crippen LogP contribution in [0.3, 0.4) is 0 Å². The number of hydrogen-bond donors (Lipinski definition) is 2. The number of anilines is 1. The van der Waals surface area contributed by atoms with Gasteiger partial charge in [-0.1, -0.05) is 0 Å². The van der Waals surface area contributed by atoms with Gasteiger partial charge in [0.15, 0.2) is 0 Å². The maximum atomic E-state index is 13.1. The van der Waals surface area contributed by atoms with Crippen molar-refractivity contribution in [1.82, 2.24) is 10.2 Å². The lowest BCUT2D eigenvalue weighted by atomic mass is 10.1. The lowest BCUT2D eigenvalue weighted by molar-refractivity contribution is -0.137. The number of halogens is 3. The molecule has 0 unspecified atom stereocenters. The van der Waals surface area contributed by atoms with Crippen molar-refractivity contribution in [1.29, 1.82) is 0 Å². The van der Waals surface area contributed by atoms with Crippen LogP contribution in [0.25, 0.3) is 0 Å². The van der Waals surface area contributed by atoms with E-state index in [1.54, 1.807) is 0 Å². The van der Waals surface area contributed by atoms with Crippen LogP contribution in [0.1, 0.15) is 18.4 Å². The largest absolute Gasteiger partial charge is 0.497 e. The van der Waals surface area contributed by atoms with Crippen molar-refractivity contribution < 1.29 is 27.5 Å². The monoisotopic (exact) mass is 359 g/mol. The minimum absolute atomic E-state index is 0.0677. The van der Waals surface area contributed by atoms with Gasteiger partial charge in [-0.05, 0) is 31.0 Å². The van der Waals surface area contributed by atoms with E-state index in [0.29, 0.717) is 0 Å². The highest BCUT2D eigenvalue weighted by atomic mass is 19.4. The molecule has 9 heteroatoms. The number of nitrogens with zero attached hydrogens (tertiary/aromatic N) is 1. The van der Waals surface area contributed by atoms with Crippen LogP contribution in [0, 0.1) is 0 Å². The Morgan fingerprint density at radius 1 is 1.32 bits per heavy atom. The summed E-state index contributed by atoms with van der Waals surface area (Å²) < 4.78 is 44.1. The quantitative estimate of drug-likeness (QED) is 0.780. The van der Waals surface area contributed by atoms with Gasteiger partial charge in [0.25, 0.3) is 0 Å². The highest BCUT2D eigenvalue weighted by molar-refractivity contribution is 5.87. The zero-order valence-electron chi connectivity index (χ0n) is 13.9. The minimum atomic E-state index is -4.59. The number of ether oxygens (including phenoxy) is 1. The van der Waals surface area contributed by atoms with Gasteiger partial charge in [-0.15, -0.1) is 0 Å². The second-order valence-corrected chi connectivity index (χ2v) is 5.85. The molecular formula is C16H20F3N3O3. The third-order valence-corrected chi connectivity index (χ3v) is 3.71. The maximum absolute atomic E-state index is 13.1. The Morgan fingerprint density at radius 3 is 2.56 bits per heavy atom. The van der Waals surface area contributed by atoms with E-state index in [1.807, 2.05) is 0 Å². The summed E-state index contributed by atoms with van der Waals surface area (Å²) in [5.41, 5.74) is -1.15. The fraction of sp³-hybridized carbons (Fsp3) is 0.500. The van der Waals surface area contributed by atoms with Gasteiger partial charge in [-0.25, -0.2) is 0 Å². The maximum Gasteiger partial charge on any atom is 0.418 e. The normalized spacial score (nSPS) is 14.0. The number of carbonyl (C=O) groups is 2. The molecule has 1 aliphatic rings. The van der Waals surface area contributed by atoms with E-state index in [-0.39, 0.29) is 36.5 Å². The number of rotatable bonds is 7. The molecule has 0 bridgehead atoms. The van der Waals surface area contributed by atoms with E-state index >= 15 is 0 Å². The number of likely N-dealkylation sites (N-methyl/N-ethyl adjacent to an activating group) is 1. The van der Waals surface area contributed by atoms with Crippen molar-refractivity contribution in [2.24, 2.45) is 0 Å². The Hall–Kier alpha value is -2.45. The molecule has 2 amide bonds. The van der Waals surface area contributed by atoms with Crippen LogP contribution in [0.4, 0.5) is 18.9 Å². The molecule has 0 radical (unpaired) electrons. The zero-order valence-corrected chi connectivity index (χ0v) is 13.9. The summed E-state index contributed by atoms with van der Waals surface area (Å²) in [4.78, 5) is 24.8. The first kappa shape index (κ1) is 18.9. The van der Waals surface area contributed by atoms with Crippen LogP contribution >= 0.6 is 0 Å². The summed E-state index contributed by atoms with van der Waals surface area (Å²) in [6.07, 6.45) is -2.72. The Kier molecular flexibility index (Phi) is 5.76. The first-order chi connectivity index (χ1) is 11.7. The van der Waals surface area contributed by atoms with Gasteiger partial charge in [-0.3, -0.25) is 9.59 Å². The molecule has 0 saturated heterocycles. The lowest BCUT2D eigenvalue weighted by Gasteiger charge is -2.19. The number of methoxy groups -OCH3 is 1. The number of nitrogens with one attached hydrogen (secondary N) is 2. The molecule has 6 nitrogen and oxygen atoms in total. The Labute approximate surface area is 143 Å². The summed E-state index contributed by atoms with van der Waals surface area (Å²) in [6.45, 7) is -0.492. The molecule has 1 aromatic rings. The molecule has 1 aliphatic carbocycles. The lowest BCUT2D eigenvalue weighted by Crippen LogP contribution is -2.41. The van der Waals surface area contributed by atoms with Gasteiger partial charge >= 0.3 is 6.18 Å². The number of hydrogen-bond acceptors (Lipinski definition) is 4. The second kappa shape index (κ2) is 7.62. The number of benzene rings is 1. The van der Waals surface area contributed by atoms with E-state index in [4.69, 9.17) is 4.74 Å². The van der Waals surface area contributed by atoms with E-state index < -0.39 is 17.6 Å².